The first-order chi connectivity index (χ1) is 11.8. The van der Waals surface area contributed by atoms with Gasteiger partial charge in [0.05, 0.1) is 0 Å². The first-order valence-electron chi connectivity index (χ1n) is 8.31. The molecule has 0 aromatic heterocycles. The number of hydrogen-bond donors (Lipinski definition) is 1. The van der Waals surface area contributed by atoms with Crippen LogP contribution in [-0.4, -0.2) is 0 Å². The van der Waals surface area contributed by atoms with Crippen molar-refractivity contribution in [1.82, 2.24) is 6.15 Å². The first-order valence-corrected chi connectivity index (χ1v) is 8.31. The van der Waals surface area contributed by atoms with Gasteiger partial charge in [0.25, 0.3) is 0 Å². The van der Waals surface area contributed by atoms with Crippen LogP contribution in [0.3, 0.4) is 0 Å². The smallest absolute Gasteiger partial charge is 0.161 e. The Labute approximate surface area is 162 Å². The van der Waals surface area contributed by atoms with Gasteiger partial charge in [-0.25, -0.2) is 0 Å². The Balaban J connectivity index is 0.00000169. The summed E-state index contributed by atoms with van der Waals surface area (Å²) < 4.78 is 12.0. The molecule has 0 bridgehead atoms. The highest BCUT2D eigenvalue weighted by molar-refractivity contribution is 5.85. The zero-order chi connectivity index (χ0) is 16.6. The maximum absolute atomic E-state index is 6.03. The second-order valence-corrected chi connectivity index (χ2v) is 5.68. The number of benzene rings is 3. The highest BCUT2D eigenvalue weighted by Gasteiger charge is 2.07. The Morgan fingerprint density at radius 3 is 1.62 bits per heavy atom. The van der Waals surface area contributed by atoms with E-state index in [1.807, 2.05) is 42.5 Å². The van der Waals surface area contributed by atoms with E-state index in [0.29, 0.717) is 13.2 Å². The molecule has 26 heavy (non-hydrogen) atoms. The lowest BCUT2D eigenvalue weighted by molar-refractivity contribution is 0.255. The van der Waals surface area contributed by atoms with Gasteiger partial charge in [-0.2, -0.15) is 0 Å². The van der Waals surface area contributed by atoms with Crippen LogP contribution in [0.5, 0.6) is 11.5 Å². The molecule has 138 valence electrons. The molecule has 3 nitrogen and oxygen atoms in total. The normalized spacial score (nSPS) is 9.58. The van der Waals surface area contributed by atoms with Gasteiger partial charge in [0.2, 0.25) is 0 Å². The molecule has 0 unspecified atom stereocenters. The van der Waals surface area contributed by atoms with Gasteiger partial charge in [-0.05, 0) is 35.2 Å². The number of rotatable bonds is 7. The molecule has 0 atom stereocenters. The Morgan fingerprint density at radius 2 is 1.12 bits per heavy atom. The molecule has 0 radical (unpaired) electrons. The van der Waals surface area contributed by atoms with Gasteiger partial charge >= 0.3 is 0 Å². The van der Waals surface area contributed by atoms with Crippen molar-refractivity contribution in [2.45, 2.75) is 26.6 Å². The second kappa shape index (κ2) is 11.2. The van der Waals surface area contributed by atoms with Crippen molar-refractivity contribution in [3.05, 3.63) is 95.6 Å². The van der Waals surface area contributed by atoms with Crippen LogP contribution in [0, 0.1) is 0 Å². The van der Waals surface area contributed by atoms with Gasteiger partial charge in [-0.1, -0.05) is 73.7 Å². The number of hydrogen-bond acceptors (Lipinski definition) is 3. The predicted octanol–water partition coefficient (Wildman–Crippen LogP) is 5.99. The van der Waals surface area contributed by atoms with Crippen LogP contribution in [0.2, 0.25) is 0 Å². The topological polar surface area (TPSA) is 53.5 Å². The van der Waals surface area contributed by atoms with E-state index in [9.17, 15) is 0 Å². The third kappa shape index (κ3) is 6.10. The summed E-state index contributed by atoms with van der Waals surface area (Å²) in [5.41, 5.74) is 3.53. The van der Waals surface area contributed by atoms with E-state index < -0.39 is 0 Å². The summed E-state index contributed by atoms with van der Waals surface area (Å²) in [7, 11) is 0. The van der Waals surface area contributed by atoms with Crippen LogP contribution in [0.1, 0.15) is 23.6 Å². The third-order valence-corrected chi connectivity index (χ3v) is 3.89. The molecule has 0 amide bonds. The van der Waals surface area contributed by atoms with Crippen molar-refractivity contribution in [2.75, 3.05) is 0 Å². The van der Waals surface area contributed by atoms with Gasteiger partial charge in [0.1, 0.15) is 13.2 Å². The standard InChI is InChI=1S/C22H22O2.ClH.H3N/c1-2-18-13-14-21(23-16-19-9-5-3-6-10-19)22(15-18)24-17-20-11-7-4-8-12-20;;/h3-15H,2,16-17H2,1H3;1H;1H3. The largest absolute Gasteiger partial charge is 0.485 e. The summed E-state index contributed by atoms with van der Waals surface area (Å²) in [6, 6.07) is 26.5. The summed E-state index contributed by atoms with van der Waals surface area (Å²) >= 11 is 0. The molecule has 0 saturated carbocycles. The molecule has 0 aliphatic heterocycles. The molecule has 0 aliphatic carbocycles. The molecule has 0 fully saturated rings. The van der Waals surface area contributed by atoms with Crippen molar-refractivity contribution in [2.24, 2.45) is 0 Å². The molecular formula is C22H26ClNO2. The lowest BCUT2D eigenvalue weighted by Gasteiger charge is -2.14. The molecular weight excluding hydrogens is 346 g/mol. The fourth-order valence-electron chi connectivity index (χ4n) is 2.48. The fourth-order valence-corrected chi connectivity index (χ4v) is 2.48. The molecule has 0 spiro atoms. The minimum absolute atomic E-state index is 0. The van der Waals surface area contributed by atoms with Crippen molar-refractivity contribution >= 4 is 12.4 Å². The van der Waals surface area contributed by atoms with Gasteiger partial charge in [0, 0.05) is 0 Å². The van der Waals surface area contributed by atoms with E-state index in [2.05, 4.69) is 43.3 Å². The molecule has 0 aliphatic rings. The van der Waals surface area contributed by atoms with Crippen molar-refractivity contribution < 1.29 is 9.47 Å². The highest BCUT2D eigenvalue weighted by Crippen LogP contribution is 2.30. The molecule has 3 aromatic rings. The van der Waals surface area contributed by atoms with E-state index in [1.54, 1.807) is 0 Å². The molecule has 0 saturated heterocycles. The lowest BCUT2D eigenvalue weighted by atomic mass is 10.1. The van der Waals surface area contributed by atoms with Gasteiger partial charge in [-0.15, -0.1) is 12.4 Å². The zero-order valence-corrected chi connectivity index (χ0v) is 15.9. The van der Waals surface area contributed by atoms with E-state index in [-0.39, 0.29) is 18.6 Å². The summed E-state index contributed by atoms with van der Waals surface area (Å²) in [5, 5.41) is 0. The van der Waals surface area contributed by atoms with E-state index in [4.69, 9.17) is 9.47 Å². The van der Waals surface area contributed by atoms with Crippen LogP contribution < -0.4 is 15.6 Å². The minimum Gasteiger partial charge on any atom is -0.485 e. The van der Waals surface area contributed by atoms with Crippen molar-refractivity contribution in [3.63, 3.8) is 0 Å². The molecule has 3 N–H and O–H groups in total. The Hall–Kier alpha value is -2.49. The average Bonchev–Trinajstić information content (AvgIpc) is 2.66. The Morgan fingerprint density at radius 1 is 0.615 bits per heavy atom. The summed E-state index contributed by atoms with van der Waals surface area (Å²) in [4.78, 5) is 0. The summed E-state index contributed by atoms with van der Waals surface area (Å²) in [5.74, 6) is 1.58. The molecule has 0 heterocycles. The average molecular weight is 372 g/mol. The van der Waals surface area contributed by atoms with Crippen molar-refractivity contribution in [1.29, 1.82) is 0 Å². The quantitative estimate of drug-likeness (QED) is 0.554. The van der Waals surface area contributed by atoms with Crippen LogP contribution in [0.25, 0.3) is 0 Å². The monoisotopic (exact) mass is 371 g/mol. The molecule has 4 heteroatoms. The van der Waals surface area contributed by atoms with Gasteiger partial charge < -0.3 is 15.6 Å². The van der Waals surface area contributed by atoms with E-state index in [0.717, 1.165) is 29.0 Å². The number of ether oxygens (including phenoxy) is 2. The van der Waals surface area contributed by atoms with Crippen LogP contribution in [-0.2, 0) is 19.6 Å². The highest BCUT2D eigenvalue weighted by atomic mass is 35.5. The van der Waals surface area contributed by atoms with Crippen LogP contribution in [0.4, 0.5) is 0 Å². The van der Waals surface area contributed by atoms with Gasteiger partial charge in [0.15, 0.2) is 11.5 Å². The summed E-state index contributed by atoms with van der Waals surface area (Å²) in [6.45, 7) is 3.21. The number of aryl methyl sites for hydroxylation is 1. The number of halogens is 1. The maximum Gasteiger partial charge on any atom is 0.161 e. The Bertz CT molecular complexity index is 764. The van der Waals surface area contributed by atoms with Crippen molar-refractivity contribution in [3.8, 4) is 11.5 Å². The third-order valence-electron chi connectivity index (χ3n) is 3.89. The Kier molecular flexibility index (Phi) is 9.27. The second-order valence-electron chi connectivity index (χ2n) is 5.68. The van der Waals surface area contributed by atoms with E-state index >= 15 is 0 Å². The summed E-state index contributed by atoms with van der Waals surface area (Å²) in [6.07, 6.45) is 0.973. The maximum atomic E-state index is 6.03. The van der Waals surface area contributed by atoms with Crippen LogP contribution >= 0.6 is 12.4 Å². The van der Waals surface area contributed by atoms with Gasteiger partial charge in [-0.3, -0.25) is 0 Å². The lowest BCUT2D eigenvalue weighted by Crippen LogP contribution is -2.01. The molecule has 3 aromatic carbocycles. The predicted molar refractivity (Wildman–Crippen MR) is 110 cm³/mol. The molecule has 3 rings (SSSR count). The van der Waals surface area contributed by atoms with Crippen LogP contribution in [0.15, 0.2) is 78.9 Å². The fraction of sp³-hybridized carbons (Fsp3) is 0.182. The first kappa shape index (κ1) is 21.6. The minimum atomic E-state index is 0. The van der Waals surface area contributed by atoms with E-state index in [1.165, 1.54) is 5.56 Å². The zero-order valence-electron chi connectivity index (χ0n) is 15.1. The SMILES string of the molecule is CCc1ccc(OCc2ccccc2)c(OCc2ccccc2)c1.Cl.N.